The first-order chi connectivity index (χ1) is 4.85. The smallest absolute Gasteiger partial charge is 0.389 e. The quantitative estimate of drug-likeness (QED) is 0.578. The molecule has 0 fully saturated rings. The van der Waals surface area contributed by atoms with Gasteiger partial charge in [0.1, 0.15) is 0 Å². The SMILES string of the molecule is CCO[SiH](OCC)SCC. The predicted molar refractivity (Wildman–Crippen MR) is 48.5 cm³/mol. The monoisotopic (exact) mass is 180 g/mol. The Morgan fingerprint density at radius 3 is 1.90 bits per heavy atom. The summed E-state index contributed by atoms with van der Waals surface area (Å²) in [7, 11) is -1.32. The first-order valence-electron chi connectivity index (χ1n) is 3.69. The molecule has 0 heterocycles. The van der Waals surface area contributed by atoms with Crippen molar-refractivity contribution in [2.45, 2.75) is 20.8 Å². The van der Waals surface area contributed by atoms with Crippen molar-refractivity contribution in [3.8, 4) is 0 Å². The van der Waals surface area contributed by atoms with Gasteiger partial charge in [-0.3, -0.25) is 0 Å². The molecule has 4 heteroatoms. The van der Waals surface area contributed by atoms with Crippen molar-refractivity contribution in [2.75, 3.05) is 19.0 Å². The summed E-state index contributed by atoms with van der Waals surface area (Å²) in [4.78, 5) is 0. The topological polar surface area (TPSA) is 18.5 Å². The zero-order chi connectivity index (χ0) is 7.82. The molecule has 2 nitrogen and oxygen atoms in total. The van der Waals surface area contributed by atoms with Gasteiger partial charge >= 0.3 is 8.43 Å². The Kier molecular flexibility index (Phi) is 7.96. The second kappa shape index (κ2) is 7.59. The molecular formula is C6H16O2SSi. The first-order valence-corrected chi connectivity index (χ1v) is 7.10. The van der Waals surface area contributed by atoms with Crippen molar-refractivity contribution >= 4 is 19.6 Å². The van der Waals surface area contributed by atoms with E-state index in [0.29, 0.717) is 0 Å². The van der Waals surface area contributed by atoms with Gasteiger partial charge in [0, 0.05) is 13.2 Å². The van der Waals surface area contributed by atoms with Gasteiger partial charge in [-0.2, -0.15) is 0 Å². The van der Waals surface area contributed by atoms with Crippen LogP contribution in [-0.4, -0.2) is 27.4 Å². The van der Waals surface area contributed by atoms with Crippen molar-refractivity contribution in [1.82, 2.24) is 0 Å². The molecule has 0 spiro atoms. The average Bonchev–Trinajstić information content (AvgIpc) is 1.90. The van der Waals surface area contributed by atoms with E-state index in [9.17, 15) is 0 Å². The van der Waals surface area contributed by atoms with Gasteiger partial charge in [0.2, 0.25) is 0 Å². The van der Waals surface area contributed by atoms with Gasteiger partial charge in [-0.05, 0) is 19.6 Å². The average molecular weight is 180 g/mol. The van der Waals surface area contributed by atoms with Crippen molar-refractivity contribution < 1.29 is 8.85 Å². The zero-order valence-electron chi connectivity index (χ0n) is 6.92. The van der Waals surface area contributed by atoms with E-state index in [-0.39, 0.29) is 0 Å². The second-order valence-corrected chi connectivity index (χ2v) is 5.96. The largest absolute Gasteiger partial charge is 0.389 e. The van der Waals surface area contributed by atoms with E-state index in [2.05, 4.69) is 6.92 Å². The predicted octanol–water partition coefficient (Wildman–Crippen LogP) is 1.53. The van der Waals surface area contributed by atoms with E-state index in [4.69, 9.17) is 8.85 Å². The van der Waals surface area contributed by atoms with Gasteiger partial charge in [0.05, 0.1) is 0 Å². The molecule has 0 aliphatic heterocycles. The van der Waals surface area contributed by atoms with Crippen LogP contribution in [0.15, 0.2) is 0 Å². The minimum atomic E-state index is -1.32. The van der Waals surface area contributed by atoms with Crippen molar-refractivity contribution in [3.63, 3.8) is 0 Å². The fourth-order valence-corrected chi connectivity index (χ4v) is 3.87. The molecule has 0 saturated heterocycles. The molecule has 0 rings (SSSR count). The van der Waals surface area contributed by atoms with Crippen molar-refractivity contribution in [1.29, 1.82) is 0 Å². The highest BCUT2D eigenvalue weighted by molar-refractivity contribution is 8.24. The summed E-state index contributed by atoms with van der Waals surface area (Å²) in [5.74, 6) is 1.09. The standard InChI is InChI=1S/C6H16O2SSi/c1-4-7-10(8-5-2)9-6-3/h10H,4-6H2,1-3H3. The Balaban J connectivity index is 3.30. The van der Waals surface area contributed by atoms with E-state index < -0.39 is 8.43 Å². The van der Waals surface area contributed by atoms with Crippen LogP contribution in [0.4, 0.5) is 0 Å². The summed E-state index contributed by atoms with van der Waals surface area (Å²) in [6.45, 7) is 7.71. The Labute approximate surface area is 68.8 Å². The van der Waals surface area contributed by atoms with Crippen LogP contribution in [0, 0.1) is 0 Å². The highest BCUT2D eigenvalue weighted by Gasteiger charge is 2.10. The molecular weight excluding hydrogens is 164 g/mol. The Hall–Kier alpha value is 0.487. The normalized spacial score (nSPS) is 10.8. The Bertz CT molecular complexity index is 58.5. The summed E-state index contributed by atoms with van der Waals surface area (Å²) in [5.41, 5.74) is 0. The minimum Gasteiger partial charge on any atom is -0.389 e. The summed E-state index contributed by atoms with van der Waals surface area (Å²) < 4.78 is 10.8. The fourth-order valence-electron chi connectivity index (χ4n) is 0.553. The van der Waals surface area contributed by atoms with Crippen LogP contribution >= 0.6 is 11.2 Å². The maximum atomic E-state index is 5.40. The molecule has 0 aliphatic carbocycles. The lowest BCUT2D eigenvalue weighted by Crippen LogP contribution is -2.19. The molecule has 0 aromatic heterocycles. The fraction of sp³-hybridized carbons (Fsp3) is 1.00. The molecule has 0 unspecified atom stereocenters. The summed E-state index contributed by atoms with van der Waals surface area (Å²) in [6.07, 6.45) is 0. The maximum absolute atomic E-state index is 5.40. The van der Waals surface area contributed by atoms with Crippen molar-refractivity contribution in [3.05, 3.63) is 0 Å². The van der Waals surface area contributed by atoms with E-state index in [1.54, 1.807) is 0 Å². The van der Waals surface area contributed by atoms with Gasteiger partial charge in [-0.25, -0.2) is 0 Å². The van der Waals surface area contributed by atoms with E-state index in [1.165, 1.54) is 0 Å². The van der Waals surface area contributed by atoms with Crippen LogP contribution in [0.1, 0.15) is 20.8 Å². The van der Waals surface area contributed by atoms with Gasteiger partial charge in [-0.15, -0.1) is 11.2 Å². The van der Waals surface area contributed by atoms with Gasteiger partial charge in [0.25, 0.3) is 0 Å². The van der Waals surface area contributed by atoms with Gasteiger partial charge < -0.3 is 8.85 Å². The zero-order valence-corrected chi connectivity index (χ0v) is 8.89. The summed E-state index contributed by atoms with van der Waals surface area (Å²) >= 11 is 1.82. The van der Waals surface area contributed by atoms with Crippen LogP contribution in [0.3, 0.4) is 0 Å². The molecule has 0 aromatic rings. The number of rotatable bonds is 6. The molecule has 0 atom stereocenters. The molecule has 0 amide bonds. The highest BCUT2D eigenvalue weighted by atomic mass is 32.4. The molecule has 0 aliphatic rings. The molecule has 0 bridgehead atoms. The highest BCUT2D eigenvalue weighted by Crippen LogP contribution is 2.07. The van der Waals surface area contributed by atoms with Crippen LogP contribution in [0.25, 0.3) is 0 Å². The summed E-state index contributed by atoms with van der Waals surface area (Å²) in [6, 6.07) is 0. The van der Waals surface area contributed by atoms with E-state index in [1.807, 2.05) is 25.1 Å². The number of hydrogen-bond acceptors (Lipinski definition) is 3. The van der Waals surface area contributed by atoms with E-state index >= 15 is 0 Å². The van der Waals surface area contributed by atoms with Crippen LogP contribution in [0.2, 0.25) is 0 Å². The summed E-state index contributed by atoms with van der Waals surface area (Å²) in [5, 5.41) is 0. The van der Waals surface area contributed by atoms with Crippen LogP contribution < -0.4 is 0 Å². The third-order valence-electron chi connectivity index (χ3n) is 0.908. The molecule has 0 N–H and O–H groups in total. The molecule has 10 heavy (non-hydrogen) atoms. The lowest BCUT2D eigenvalue weighted by atomic mass is 10.9. The van der Waals surface area contributed by atoms with Crippen LogP contribution in [0.5, 0.6) is 0 Å². The Morgan fingerprint density at radius 2 is 1.60 bits per heavy atom. The molecule has 62 valence electrons. The lowest BCUT2D eigenvalue weighted by Gasteiger charge is -2.12. The second-order valence-electron chi connectivity index (χ2n) is 1.65. The van der Waals surface area contributed by atoms with Gasteiger partial charge in [-0.1, -0.05) is 6.92 Å². The Morgan fingerprint density at radius 1 is 1.10 bits per heavy atom. The van der Waals surface area contributed by atoms with Crippen molar-refractivity contribution in [2.24, 2.45) is 0 Å². The van der Waals surface area contributed by atoms with Crippen LogP contribution in [-0.2, 0) is 8.85 Å². The first kappa shape index (κ1) is 10.5. The lowest BCUT2D eigenvalue weighted by molar-refractivity contribution is 0.233. The molecule has 0 saturated carbocycles. The number of hydrogen-bond donors (Lipinski definition) is 0. The molecule has 0 aromatic carbocycles. The minimum absolute atomic E-state index is 0.782. The third-order valence-corrected chi connectivity index (χ3v) is 5.36. The van der Waals surface area contributed by atoms with Gasteiger partial charge in [0.15, 0.2) is 0 Å². The molecule has 0 radical (unpaired) electrons. The maximum Gasteiger partial charge on any atom is 0.389 e. The van der Waals surface area contributed by atoms with E-state index in [0.717, 1.165) is 19.0 Å². The third kappa shape index (κ3) is 5.29.